The smallest absolute Gasteiger partial charge is 0.0764 e. The highest BCUT2D eigenvalue weighted by Gasteiger charge is 2.29. The average molecular weight is 243 g/mol. The number of nitrogens with two attached hydrogens (primary N) is 1. The van der Waals surface area contributed by atoms with E-state index in [0.29, 0.717) is 12.1 Å². The molecule has 4 heteroatoms. The molecule has 2 aliphatic rings. The standard InChI is InChI=1S/C12H26N3P/c13-16(14)15(11-7-3-1-4-8-11)12-9-5-2-6-10-12/h11-12,16H,1-10H2,(H3,13,14). The first-order valence-corrected chi connectivity index (χ1v) is 8.44. The van der Waals surface area contributed by atoms with Crippen LogP contribution >= 0.6 is 8.01 Å². The van der Waals surface area contributed by atoms with Crippen LogP contribution in [0.4, 0.5) is 0 Å². The lowest BCUT2D eigenvalue weighted by Gasteiger charge is -2.41. The third kappa shape index (κ3) is 3.09. The molecule has 3 N–H and O–H groups in total. The lowest BCUT2D eigenvalue weighted by Crippen LogP contribution is -2.41. The second-order valence-corrected chi connectivity index (χ2v) is 6.66. The second-order valence-electron chi connectivity index (χ2n) is 5.38. The van der Waals surface area contributed by atoms with Crippen LogP contribution in [-0.4, -0.2) is 16.8 Å². The van der Waals surface area contributed by atoms with Crippen molar-refractivity contribution in [3.05, 3.63) is 0 Å². The minimum Gasteiger partial charge on any atom is -0.292 e. The Morgan fingerprint density at radius 2 is 1.19 bits per heavy atom. The molecule has 2 aliphatic carbocycles. The maximum atomic E-state index is 8.01. The first-order chi connectivity index (χ1) is 7.79. The van der Waals surface area contributed by atoms with Crippen molar-refractivity contribution in [3.63, 3.8) is 0 Å². The van der Waals surface area contributed by atoms with Gasteiger partial charge in [-0.15, -0.1) is 0 Å². The fraction of sp³-hybridized carbons (Fsp3) is 1.00. The first kappa shape index (κ1) is 12.6. The Bertz CT molecular complexity index is 214. The summed E-state index contributed by atoms with van der Waals surface area (Å²) in [7, 11) is -1.49. The molecule has 1 atom stereocenters. The normalized spacial score (nSPS) is 27.1. The Morgan fingerprint density at radius 3 is 1.50 bits per heavy atom. The zero-order valence-corrected chi connectivity index (χ0v) is 11.3. The van der Waals surface area contributed by atoms with Crippen LogP contribution in [0.1, 0.15) is 64.2 Å². The van der Waals surface area contributed by atoms with Crippen LogP contribution in [0.15, 0.2) is 0 Å². The van der Waals surface area contributed by atoms with Crippen molar-refractivity contribution in [2.24, 2.45) is 5.50 Å². The van der Waals surface area contributed by atoms with Gasteiger partial charge in [0, 0.05) is 12.1 Å². The van der Waals surface area contributed by atoms with Gasteiger partial charge in [0.05, 0.1) is 8.01 Å². The Kier molecular flexibility index (Phi) is 4.87. The molecule has 0 bridgehead atoms. The topological polar surface area (TPSA) is 53.1 Å². The van der Waals surface area contributed by atoms with Gasteiger partial charge in [-0.2, -0.15) is 0 Å². The summed E-state index contributed by atoms with van der Waals surface area (Å²) in [6.07, 6.45) is 13.3. The zero-order valence-electron chi connectivity index (χ0n) is 10.3. The maximum absolute atomic E-state index is 8.01. The SMILES string of the molecule is N=[PH](N)N(C1CCCCC1)C1CCCCC1. The van der Waals surface area contributed by atoms with Gasteiger partial charge in [-0.3, -0.25) is 15.3 Å². The Balaban J connectivity index is 1.99. The lowest BCUT2D eigenvalue weighted by molar-refractivity contribution is 0.178. The van der Waals surface area contributed by atoms with Crippen molar-refractivity contribution in [1.29, 1.82) is 5.16 Å². The fourth-order valence-corrected chi connectivity index (χ4v) is 4.71. The quantitative estimate of drug-likeness (QED) is 0.742. The molecule has 2 fully saturated rings. The number of hydrogen-bond donors (Lipinski definition) is 2. The zero-order chi connectivity index (χ0) is 11.4. The predicted molar refractivity (Wildman–Crippen MR) is 70.8 cm³/mol. The molecule has 3 nitrogen and oxygen atoms in total. The van der Waals surface area contributed by atoms with Crippen molar-refractivity contribution in [2.45, 2.75) is 76.3 Å². The summed E-state index contributed by atoms with van der Waals surface area (Å²) < 4.78 is 2.43. The first-order valence-electron chi connectivity index (χ1n) is 6.91. The van der Waals surface area contributed by atoms with Gasteiger partial charge in [-0.05, 0) is 25.7 Å². The highest BCUT2D eigenvalue weighted by Crippen LogP contribution is 2.37. The van der Waals surface area contributed by atoms with Gasteiger partial charge >= 0.3 is 0 Å². The van der Waals surface area contributed by atoms with E-state index >= 15 is 0 Å². The van der Waals surface area contributed by atoms with E-state index in [9.17, 15) is 0 Å². The third-order valence-corrected chi connectivity index (χ3v) is 5.50. The summed E-state index contributed by atoms with van der Waals surface area (Å²) in [6, 6.07) is 1.29. The number of nitrogens with zero attached hydrogens (tertiary/aromatic N) is 1. The van der Waals surface area contributed by atoms with Crippen molar-refractivity contribution in [3.8, 4) is 0 Å². The molecule has 0 aromatic rings. The molecule has 2 saturated carbocycles. The summed E-state index contributed by atoms with van der Waals surface area (Å²) in [6.45, 7) is 0. The summed E-state index contributed by atoms with van der Waals surface area (Å²) in [5.41, 5.74) is 5.99. The molecule has 0 amide bonds. The Hall–Kier alpha value is 0.150. The highest BCUT2D eigenvalue weighted by atomic mass is 31.1. The monoisotopic (exact) mass is 243 g/mol. The largest absolute Gasteiger partial charge is 0.292 e. The molecule has 0 radical (unpaired) electrons. The summed E-state index contributed by atoms with van der Waals surface area (Å²) in [5.74, 6) is 0. The van der Waals surface area contributed by atoms with E-state index in [1.807, 2.05) is 0 Å². The van der Waals surface area contributed by atoms with Crippen molar-refractivity contribution < 1.29 is 0 Å². The Labute approximate surface area is 100 Å². The molecule has 1 unspecified atom stereocenters. The molecule has 16 heavy (non-hydrogen) atoms. The molecule has 94 valence electrons. The van der Waals surface area contributed by atoms with Crippen LogP contribution in [0.3, 0.4) is 0 Å². The minimum atomic E-state index is -1.49. The van der Waals surface area contributed by atoms with E-state index < -0.39 is 8.01 Å². The Morgan fingerprint density at radius 1 is 0.812 bits per heavy atom. The van der Waals surface area contributed by atoms with Crippen LogP contribution in [0.5, 0.6) is 0 Å². The van der Waals surface area contributed by atoms with Crippen molar-refractivity contribution >= 4 is 8.01 Å². The summed E-state index contributed by atoms with van der Waals surface area (Å²) >= 11 is 0. The summed E-state index contributed by atoms with van der Waals surface area (Å²) in [4.78, 5) is 0. The van der Waals surface area contributed by atoms with Crippen LogP contribution in [0.25, 0.3) is 0 Å². The molecular formula is C12H26N3P. The van der Waals surface area contributed by atoms with E-state index in [4.69, 9.17) is 10.7 Å². The van der Waals surface area contributed by atoms with Gasteiger partial charge in [0.15, 0.2) is 0 Å². The van der Waals surface area contributed by atoms with E-state index in [1.165, 1.54) is 64.2 Å². The van der Waals surface area contributed by atoms with Crippen molar-refractivity contribution in [1.82, 2.24) is 4.67 Å². The van der Waals surface area contributed by atoms with Gasteiger partial charge in [0.25, 0.3) is 0 Å². The number of rotatable bonds is 3. The molecule has 0 spiro atoms. The maximum Gasteiger partial charge on any atom is 0.0764 e. The minimum absolute atomic E-state index is 0.647. The molecule has 0 heterocycles. The van der Waals surface area contributed by atoms with E-state index in [1.54, 1.807) is 0 Å². The van der Waals surface area contributed by atoms with Gasteiger partial charge < -0.3 is 0 Å². The second kappa shape index (κ2) is 6.18. The molecule has 2 rings (SSSR count). The van der Waals surface area contributed by atoms with Crippen LogP contribution in [0.2, 0.25) is 0 Å². The highest BCUT2D eigenvalue weighted by molar-refractivity contribution is 7.40. The van der Waals surface area contributed by atoms with E-state index in [2.05, 4.69) is 4.67 Å². The van der Waals surface area contributed by atoms with Gasteiger partial charge in [-0.25, -0.2) is 0 Å². The third-order valence-electron chi connectivity index (χ3n) is 4.21. The van der Waals surface area contributed by atoms with Crippen LogP contribution < -0.4 is 5.50 Å². The molecule has 0 aromatic carbocycles. The van der Waals surface area contributed by atoms with Gasteiger partial charge in [0.1, 0.15) is 0 Å². The molecule has 0 aliphatic heterocycles. The van der Waals surface area contributed by atoms with Gasteiger partial charge in [-0.1, -0.05) is 38.5 Å². The lowest BCUT2D eigenvalue weighted by atomic mass is 9.91. The number of hydrogen-bond acceptors (Lipinski definition) is 1. The molecule has 0 saturated heterocycles. The fourth-order valence-electron chi connectivity index (χ4n) is 3.41. The summed E-state index contributed by atoms with van der Waals surface area (Å²) in [5, 5.41) is 8.01. The predicted octanol–water partition coefficient (Wildman–Crippen LogP) is 3.72. The number of nitrogens with one attached hydrogen (secondary N) is 1. The van der Waals surface area contributed by atoms with E-state index in [0.717, 1.165) is 0 Å². The average Bonchev–Trinajstić information content (AvgIpc) is 2.31. The van der Waals surface area contributed by atoms with Crippen LogP contribution in [-0.2, 0) is 0 Å². The van der Waals surface area contributed by atoms with Gasteiger partial charge in [0.2, 0.25) is 0 Å². The van der Waals surface area contributed by atoms with Crippen LogP contribution in [0, 0.1) is 5.16 Å². The molecular weight excluding hydrogens is 217 g/mol. The van der Waals surface area contributed by atoms with E-state index in [-0.39, 0.29) is 0 Å². The molecule has 0 aromatic heterocycles. The van der Waals surface area contributed by atoms with Crippen molar-refractivity contribution in [2.75, 3.05) is 0 Å².